The second kappa shape index (κ2) is 6.00. The van der Waals surface area contributed by atoms with Gasteiger partial charge in [-0.15, -0.1) is 11.3 Å². The van der Waals surface area contributed by atoms with Gasteiger partial charge in [0.1, 0.15) is 5.69 Å². The fraction of sp³-hybridized carbons (Fsp3) is 0.529. The molecule has 1 aliphatic rings. The molecule has 1 saturated heterocycles. The number of hydrogen-bond acceptors (Lipinski definition) is 5. The van der Waals surface area contributed by atoms with Crippen molar-refractivity contribution >= 4 is 17.2 Å². The fourth-order valence-electron chi connectivity index (χ4n) is 2.95. The highest BCUT2D eigenvalue weighted by Crippen LogP contribution is 2.35. The van der Waals surface area contributed by atoms with Crippen LogP contribution in [0.4, 0.5) is 0 Å². The van der Waals surface area contributed by atoms with Crippen molar-refractivity contribution in [2.75, 3.05) is 6.54 Å². The summed E-state index contributed by atoms with van der Waals surface area (Å²) >= 11 is 1.57. The predicted molar refractivity (Wildman–Crippen MR) is 91.0 cm³/mol. The van der Waals surface area contributed by atoms with Gasteiger partial charge in [0, 0.05) is 12.0 Å². The summed E-state index contributed by atoms with van der Waals surface area (Å²) in [4.78, 5) is 29.1. The third-order valence-corrected chi connectivity index (χ3v) is 5.08. The van der Waals surface area contributed by atoms with Gasteiger partial charge in [-0.3, -0.25) is 9.78 Å². The van der Waals surface area contributed by atoms with E-state index in [0.717, 1.165) is 41.3 Å². The van der Waals surface area contributed by atoms with Gasteiger partial charge in [0.2, 0.25) is 5.91 Å². The van der Waals surface area contributed by atoms with E-state index in [4.69, 9.17) is 4.98 Å². The van der Waals surface area contributed by atoms with Crippen molar-refractivity contribution in [3.63, 3.8) is 0 Å². The Hall–Kier alpha value is -1.82. The van der Waals surface area contributed by atoms with Crippen molar-refractivity contribution < 1.29 is 4.79 Å². The smallest absolute Gasteiger partial charge is 0.228 e. The van der Waals surface area contributed by atoms with Crippen molar-refractivity contribution in [1.29, 1.82) is 0 Å². The maximum absolute atomic E-state index is 12.7. The van der Waals surface area contributed by atoms with Crippen LogP contribution in [0.2, 0.25) is 0 Å². The normalized spacial score (nSPS) is 18.4. The van der Waals surface area contributed by atoms with E-state index in [1.807, 2.05) is 38.1 Å². The minimum absolute atomic E-state index is 0.0300. The molecular formula is C17H22N4OS. The first-order valence-corrected chi connectivity index (χ1v) is 8.79. The lowest BCUT2D eigenvalue weighted by atomic mass is 9.94. The van der Waals surface area contributed by atoms with Gasteiger partial charge in [-0.25, -0.2) is 9.97 Å². The molecule has 0 aliphatic carbocycles. The second-order valence-electron chi connectivity index (χ2n) is 7.00. The van der Waals surface area contributed by atoms with E-state index in [2.05, 4.69) is 9.97 Å². The van der Waals surface area contributed by atoms with Gasteiger partial charge in [-0.2, -0.15) is 0 Å². The van der Waals surface area contributed by atoms with Crippen molar-refractivity contribution in [2.45, 2.75) is 46.6 Å². The number of amides is 1. The first-order chi connectivity index (χ1) is 10.9. The van der Waals surface area contributed by atoms with Crippen molar-refractivity contribution in [1.82, 2.24) is 19.9 Å². The Labute approximate surface area is 140 Å². The van der Waals surface area contributed by atoms with E-state index in [1.165, 1.54) is 0 Å². The predicted octanol–water partition coefficient (Wildman–Crippen LogP) is 3.62. The second-order valence-corrected chi connectivity index (χ2v) is 7.86. The summed E-state index contributed by atoms with van der Waals surface area (Å²) in [5.74, 6) is 0.182. The highest BCUT2D eigenvalue weighted by molar-refractivity contribution is 7.13. The van der Waals surface area contributed by atoms with Gasteiger partial charge < -0.3 is 4.90 Å². The third-order valence-electron chi connectivity index (χ3n) is 4.13. The van der Waals surface area contributed by atoms with Crippen LogP contribution in [0, 0.1) is 12.3 Å². The topological polar surface area (TPSA) is 59.0 Å². The first-order valence-electron chi connectivity index (χ1n) is 7.91. The van der Waals surface area contributed by atoms with Crippen LogP contribution < -0.4 is 0 Å². The van der Waals surface area contributed by atoms with Crippen LogP contribution in [0.3, 0.4) is 0 Å². The van der Waals surface area contributed by atoms with E-state index in [0.29, 0.717) is 0 Å². The van der Waals surface area contributed by atoms with E-state index in [-0.39, 0.29) is 17.4 Å². The van der Waals surface area contributed by atoms with Gasteiger partial charge in [-0.05, 0) is 19.8 Å². The third kappa shape index (κ3) is 3.13. The highest BCUT2D eigenvalue weighted by Gasteiger charge is 2.36. The molecule has 1 unspecified atom stereocenters. The Bertz CT molecular complexity index is 719. The molecule has 0 N–H and O–H groups in total. The molecule has 0 bridgehead atoms. The molecule has 0 spiro atoms. The number of carbonyl (C=O) groups is 1. The van der Waals surface area contributed by atoms with Gasteiger partial charge >= 0.3 is 0 Å². The molecule has 6 heteroatoms. The standard InChI is InChI=1S/C17H22N4OS/c1-11-15(23-10-19-11)13-9-18-8-12(20-13)14-6-5-7-21(14)16(22)17(2,3)4/h8-10,14H,5-7H2,1-4H3. The number of hydrogen-bond donors (Lipinski definition) is 0. The minimum atomic E-state index is -0.373. The molecule has 5 nitrogen and oxygen atoms in total. The number of carbonyl (C=O) groups excluding carboxylic acids is 1. The summed E-state index contributed by atoms with van der Waals surface area (Å²) in [6.07, 6.45) is 5.52. The molecule has 122 valence electrons. The summed E-state index contributed by atoms with van der Waals surface area (Å²) in [5, 5.41) is 0. The molecule has 23 heavy (non-hydrogen) atoms. The van der Waals surface area contributed by atoms with Crippen LogP contribution in [-0.4, -0.2) is 32.3 Å². The number of nitrogens with zero attached hydrogens (tertiary/aromatic N) is 4. The molecule has 0 aromatic carbocycles. The van der Waals surface area contributed by atoms with Gasteiger partial charge in [0.05, 0.1) is 40.2 Å². The largest absolute Gasteiger partial charge is 0.334 e. The Kier molecular flexibility index (Phi) is 4.19. The Balaban J connectivity index is 1.92. The highest BCUT2D eigenvalue weighted by atomic mass is 32.1. The van der Waals surface area contributed by atoms with Crippen LogP contribution in [0.5, 0.6) is 0 Å². The Morgan fingerprint density at radius 3 is 2.78 bits per heavy atom. The van der Waals surface area contributed by atoms with E-state index >= 15 is 0 Å². The Morgan fingerprint density at radius 1 is 1.35 bits per heavy atom. The summed E-state index contributed by atoms with van der Waals surface area (Å²) in [5.41, 5.74) is 4.14. The van der Waals surface area contributed by atoms with Crippen molar-refractivity contribution in [3.8, 4) is 10.6 Å². The molecular weight excluding hydrogens is 308 g/mol. The number of rotatable bonds is 2. The first kappa shape index (κ1) is 16.1. The average molecular weight is 330 g/mol. The summed E-state index contributed by atoms with van der Waals surface area (Å²) in [6, 6.07) is 0.0300. The summed E-state index contributed by atoms with van der Waals surface area (Å²) < 4.78 is 0. The van der Waals surface area contributed by atoms with Crippen LogP contribution in [0.15, 0.2) is 17.9 Å². The molecule has 0 saturated carbocycles. The number of likely N-dealkylation sites (tertiary alicyclic amines) is 1. The van der Waals surface area contributed by atoms with E-state index in [9.17, 15) is 4.79 Å². The van der Waals surface area contributed by atoms with Crippen LogP contribution in [0.1, 0.15) is 51.0 Å². The lowest BCUT2D eigenvalue weighted by Gasteiger charge is -2.30. The van der Waals surface area contributed by atoms with Crippen LogP contribution in [-0.2, 0) is 4.79 Å². The molecule has 3 heterocycles. The monoisotopic (exact) mass is 330 g/mol. The fourth-order valence-corrected chi connectivity index (χ4v) is 3.71. The van der Waals surface area contributed by atoms with Gasteiger partial charge in [-0.1, -0.05) is 20.8 Å². The molecule has 0 radical (unpaired) electrons. The maximum atomic E-state index is 12.7. The van der Waals surface area contributed by atoms with Gasteiger partial charge in [0.15, 0.2) is 0 Å². The quantitative estimate of drug-likeness (QED) is 0.844. The zero-order valence-electron chi connectivity index (χ0n) is 14.0. The molecule has 1 fully saturated rings. The zero-order valence-corrected chi connectivity index (χ0v) is 14.9. The minimum Gasteiger partial charge on any atom is -0.334 e. The van der Waals surface area contributed by atoms with Gasteiger partial charge in [0.25, 0.3) is 0 Å². The summed E-state index contributed by atoms with van der Waals surface area (Å²) in [6.45, 7) is 8.67. The number of aromatic nitrogens is 3. The molecule has 2 aromatic heterocycles. The Morgan fingerprint density at radius 2 is 2.13 bits per heavy atom. The lowest BCUT2D eigenvalue weighted by molar-refractivity contribution is -0.140. The molecule has 2 aromatic rings. The molecule has 1 aliphatic heterocycles. The number of aryl methyl sites for hydroxylation is 1. The summed E-state index contributed by atoms with van der Waals surface area (Å²) in [7, 11) is 0. The zero-order chi connectivity index (χ0) is 16.6. The number of thiazole rings is 1. The maximum Gasteiger partial charge on any atom is 0.228 e. The SMILES string of the molecule is Cc1ncsc1-c1cncc(C2CCCN2C(=O)C(C)(C)C)n1. The molecule has 1 atom stereocenters. The lowest BCUT2D eigenvalue weighted by Crippen LogP contribution is -2.39. The van der Waals surface area contributed by atoms with Crippen LogP contribution in [0.25, 0.3) is 10.6 Å². The van der Waals surface area contributed by atoms with Crippen LogP contribution >= 0.6 is 11.3 Å². The van der Waals surface area contributed by atoms with Crippen molar-refractivity contribution in [2.24, 2.45) is 5.41 Å². The average Bonchev–Trinajstić information content (AvgIpc) is 3.14. The molecule has 1 amide bonds. The van der Waals surface area contributed by atoms with E-state index in [1.54, 1.807) is 23.7 Å². The van der Waals surface area contributed by atoms with Crippen molar-refractivity contribution in [3.05, 3.63) is 29.3 Å². The van der Waals surface area contributed by atoms with E-state index < -0.39 is 0 Å². The molecule has 3 rings (SSSR count).